The van der Waals surface area contributed by atoms with Gasteiger partial charge in [0.15, 0.2) is 0 Å². The average molecular weight is 392 g/mol. The predicted octanol–water partition coefficient (Wildman–Crippen LogP) is 4.62. The monoisotopic (exact) mass is 390 g/mol. The zero-order chi connectivity index (χ0) is 15.0. The topological polar surface area (TPSA) is 41.1 Å². The lowest BCUT2D eigenvalue weighted by atomic mass is 9.85. The molecule has 2 N–H and O–H groups in total. The molecule has 3 rings (SSSR count). The summed E-state index contributed by atoms with van der Waals surface area (Å²) in [6, 6.07) is 3.80. The molecule has 1 heterocycles. The fraction of sp³-hybridized carbons (Fsp3) is 0.533. The van der Waals surface area contributed by atoms with Crippen LogP contribution in [0, 0.1) is 5.92 Å². The molecule has 2 fully saturated rings. The molecule has 1 aromatic carbocycles. The minimum atomic E-state index is -0.145. The maximum atomic E-state index is 12.4. The number of hydrogen-bond acceptors (Lipinski definition) is 2. The zero-order valence-electron chi connectivity index (χ0n) is 11.5. The summed E-state index contributed by atoms with van der Waals surface area (Å²) in [5.41, 5.74) is 0.489. The van der Waals surface area contributed by atoms with E-state index in [1.807, 2.05) is 0 Å². The van der Waals surface area contributed by atoms with Gasteiger partial charge in [-0.2, -0.15) is 0 Å². The van der Waals surface area contributed by atoms with E-state index in [-0.39, 0.29) is 11.9 Å². The number of anilines is 1. The highest BCUT2D eigenvalue weighted by atomic mass is 79.9. The molecule has 1 aliphatic heterocycles. The number of carbonyl (C=O) groups is 1. The molecule has 1 saturated carbocycles. The van der Waals surface area contributed by atoms with Gasteiger partial charge in [-0.3, -0.25) is 4.79 Å². The Bertz CT molecular complexity index is 530. The third-order valence-electron chi connectivity index (χ3n) is 4.43. The van der Waals surface area contributed by atoms with Crippen molar-refractivity contribution in [3.05, 3.63) is 26.7 Å². The first-order valence-electron chi connectivity index (χ1n) is 7.26. The van der Waals surface area contributed by atoms with Gasteiger partial charge >= 0.3 is 0 Å². The molecule has 6 heteroatoms. The molecule has 1 saturated heterocycles. The summed E-state index contributed by atoms with van der Waals surface area (Å²) in [4.78, 5) is 12.4. The Hall–Kier alpha value is -0.290. The highest BCUT2D eigenvalue weighted by Crippen LogP contribution is 2.36. The first-order chi connectivity index (χ1) is 10.0. The number of benzene rings is 1. The van der Waals surface area contributed by atoms with Crippen molar-refractivity contribution in [3.8, 4) is 0 Å². The third kappa shape index (κ3) is 3.39. The van der Waals surface area contributed by atoms with Crippen LogP contribution in [0.4, 0.5) is 5.69 Å². The van der Waals surface area contributed by atoms with Crippen molar-refractivity contribution in [2.24, 2.45) is 5.92 Å². The van der Waals surface area contributed by atoms with E-state index in [0.717, 1.165) is 10.9 Å². The van der Waals surface area contributed by atoms with E-state index < -0.39 is 0 Å². The third-order valence-corrected chi connectivity index (χ3v) is 5.49. The van der Waals surface area contributed by atoms with Crippen LogP contribution >= 0.6 is 39.1 Å². The van der Waals surface area contributed by atoms with Gasteiger partial charge in [-0.25, -0.2) is 0 Å². The maximum absolute atomic E-state index is 12.4. The molecule has 21 heavy (non-hydrogen) atoms. The van der Waals surface area contributed by atoms with Crippen LogP contribution in [-0.2, 0) is 4.79 Å². The minimum Gasteiger partial charge on any atom is -0.322 e. The summed E-state index contributed by atoms with van der Waals surface area (Å²) in [5.74, 6) is 0.584. The first kappa shape index (κ1) is 15.6. The van der Waals surface area contributed by atoms with Crippen LogP contribution in [0.2, 0.25) is 10.0 Å². The van der Waals surface area contributed by atoms with Crippen molar-refractivity contribution in [1.29, 1.82) is 0 Å². The first-order valence-corrected chi connectivity index (χ1v) is 8.81. The summed E-state index contributed by atoms with van der Waals surface area (Å²) in [6.45, 7) is 0. The summed E-state index contributed by atoms with van der Waals surface area (Å²) in [7, 11) is 0. The van der Waals surface area contributed by atoms with Crippen molar-refractivity contribution in [3.63, 3.8) is 0 Å². The average Bonchev–Trinajstić information content (AvgIpc) is 2.86. The molecule has 3 nitrogen and oxygen atoms in total. The number of amides is 1. The molecule has 0 radical (unpaired) electrons. The van der Waals surface area contributed by atoms with Crippen molar-refractivity contribution in [2.75, 3.05) is 5.32 Å². The Kier molecular flexibility index (Phi) is 4.79. The number of halogens is 3. The largest absolute Gasteiger partial charge is 0.322 e. The second-order valence-corrected chi connectivity index (χ2v) is 7.57. The van der Waals surface area contributed by atoms with Crippen LogP contribution < -0.4 is 10.6 Å². The standard InChI is InChI=1S/C15H17BrCl2N2O/c16-9-6-10(17)14(11(18)7-9)20-15(21)13-5-8-3-1-2-4-12(8)19-13/h6-8,12-13,19H,1-5H2,(H,20,21). The number of nitrogens with one attached hydrogen (secondary N) is 2. The van der Waals surface area contributed by atoms with Gasteiger partial charge in [-0.1, -0.05) is 52.0 Å². The Morgan fingerprint density at radius 1 is 1.24 bits per heavy atom. The Morgan fingerprint density at radius 3 is 2.57 bits per heavy atom. The Balaban J connectivity index is 1.70. The quantitative estimate of drug-likeness (QED) is 0.772. The molecule has 1 aromatic rings. The summed E-state index contributed by atoms with van der Waals surface area (Å²) in [5, 5.41) is 7.21. The van der Waals surface area contributed by atoms with Gasteiger partial charge in [0.2, 0.25) is 5.91 Å². The normalized spacial score (nSPS) is 28.2. The summed E-state index contributed by atoms with van der Waals surface area (Å²) >= 11 is 15.6. The molecule has 114 valence electrons. The van der Waals surface area contributed by atoms with Gasteiger partial charge in [-0.05, 0) is 37.3 Å². The van der Waals surface area contributed by atoms with Gasteiger partial charge in [0.1, 0.15) is 0 Å². The molecular formula is C15H17BrCl2N2O. The second-order valence-electron chi connectivity index (χ2n) is 5.84. The zero-order valence-corrected chi connectivity index (χ0v) is 14.6. The van der Waals surface area contributed by atoms with Crippen LogP contribution in [0.1, 0.15) is 32.1 Å². The van der Waals surface area contributed by atoms with Crippen molar-refractivity contribution >= 4 is 50.7 Å². The molecule has 2 aliphatic rings. The smallest absolute Gasteiger partial charge is 0.241 e. The van der Waals surface area contributed by atoms with Crippen LogP contribution in [0.25, 0.3) is 0 Å². The highest BCUT2D eigenvalue weighted by molar-refractivity contribution is 9.10. The van der Waals surface area contributed by atoms with Gasteiger partial charge in [0.05, 0.1) is 21.8 Å². The van der Waals surface area contributed by atoms with Gasteiger partial charge < -0.3 is 10.6 Å². The predicted molar refractivity (Wildman–Crippen MR) is 90.1 cm³/mol. The number of fused-ring (bicyclic) bond motifs is 1. The highest BCUT2D eigenvalue weighted by Gasteiger charge is 2.38. The Labute approximate surface area is 142 Å². The van der Waals surface area contributed by atoms with E-state index in [0.29, 0.717) is 27.7 Å². The SMILES string of the molecule is O=C(Nc1c(Cl)cc(Br)cc1Cl)C1CC2CCCCC2N1. The number of carbonyl (C=O) groups excluding carboxylic acids is 1. The number of hydrogen-bond donors (Lipinski definition) is 2. The fourth-order valence-corrected chi connectivity index (χ4v) is 4.70. The van der Waals surface area contributed by atoms with E-state index in [1.54, 1.807) is 12.1 Å². The van der Waals surface area contributed by atoms with E-state index in [4.69, 9.17) is 23.2 Å². The second kappa shape index (κ2) is 6.45. The molecule has 3 atom stereocenters. The van der Waals surface area contributed by atoms with Gasteiger partial charge in [0.25, 0.3) is 0 Å². The van der Waals surface area contributed by atoms with Crippen LogP contribution in [-0.4, -0.2) is 18.0 Å². The van der Waals surface area contributed by atoms with Crippen molar-refractivity contribution < 1.29 is 4.79 Å². The van der Waals surface area contributed by atoms with E-state index in [9.17, 15) is 4.79 Å². The van der Waals surface area contributed by atoms with Crippen LogP contribution in [0.5, 0.6) is 0 Å². The van der Waals surface area contributed by atoms with E-state index in [2.05, 4.69) is 26.6 Å². The maximum Gasteiger partial charge on any atom is 0.241 e. The minimum absolute atomic E-state index is 0.0458. The lowest BCUT2D eigenvalue weighted by molar-refractivity contribution is -0.117. The molecule has 0 spiro atoms. The summed E-state index contributed by atoms with van der Waals surface area (Å²) < 4.78 is 0.792. The fourth-order valence-electron chi connectivity index (χ4n) is 3.39. The van der Waals surface area contributed by atoms with E-state index in [1.165, 1.54) is 25.7 Å². The van der Waals surface area contributed by atoms with Crippen LogP contribution in [0.3, 0.4) is 0 Å². The van der Waals surface area contributed by atoms with Crippen molar-refractivity contribution in [2.45, 2.75) is 44.2 Å². The molecule has 3 unspecified atom stereocenters. The van der Waals surface area contributed by atoms with Gasteiger partial charge in [-0.15, -0.1) is 0 Å². The van der Waals surface area contributed by atoms with Crippen molar-refractivity contribution in [1.82, 2.24) is 5.32 Å². The molecule has 1 aliphatic carbocycles. The summed E-state index contributed by atoms with van der Waals surface area (Å²) in [6.07, 6.45) is 5.84. The van der Waals surface area contributed by atoms with Crippen LogP contribution in [0.15, 0.2) is 16.6 Å². The lowest BCUT2D eigenvalue weighted by Gasteiger charge is -2.24. The Morgan fingerprint density at radius 2 is 1.90 bits per heavy atom. The molecule has 1 amide bonds. The number of rotatable bonds is 2. The molecular weight excluding hydrogens is 375 g/mol. The molecule has 0 aromatic heterocycles. The lowest BCUT2D eigenvalue weighted by Crippen LogP contribution is -2.40. The van der Waals surface area contributed by atoms with E-state index >= 15 is 0 Å². The van der Waals surface area contributed by atoms with Gasteiger partial charge in [0, 0.05) is 10.5 Å². The molecule has 0 bridgehead atoms.